The van der Waals surface area contributed by atoms with Crippen LogP contribution < -0.4 is 20.5 Å². The van der Waals surface area contributed by atoms with Crippen LogP contribution in [-0.4, -0.2) is 42.7 Å². The van der Waals surface area contributed by atoms with E-state index in [2.05, 4.69) is 37.9 Å². The van der Waals surface area contributed by atoms with Gasteiger partial charge in [0.15, 0.2) is 5.75 Å². The van der Waals surface area contributed by atoms with Crippen LogP contribution in [0.5, 0.6) is 11.6 Å². The van der Waals surface area contributed by atoms with Gasteiger partial charge in [0.25, 0.3) is 5.88 Å². The van der Waals surface area contributed by atoms with Crippen LogP contribution in [0.25, 0.3) is 0 Å². The summed E-state index contributed by atoms with van der Waals surface area (Å²) in [6.07, 6.45) is 10.5. The largest absolute Gasteiger partial charge is 0.488 e. The van der Waals surface area contributed by atoms with Crippen molar-refractivity contribution in [3.05, 3.63) is 52.8 Å². The lowest BCUT2D eigenvalue weighted by Crippen LogP contribution is -2.37. The number of nitrogens with two attached hydrogens (primary N) is 1. The van der Waals surface area contributed by atoms with Crippen molar-refractivity contribution in [2.45, 2.75) is 60.3 Å². The molecular weight excluding hydrogens is 450 g/mol. The lowest BCUT2D eigenvalue weighted by atomic mass is 10.1. The van der Waals surface area contributed by atoms with Gasteiger partial charge in [0, 0.05) is 12.3 Å². The summed E-state index contributed by atoms with van der Waals surface area (Å²) in [4.78, 5) is 39.3. The first-order valence-corrected chi connectivity index (χ1v) is 11.6. The van der Waals surface area contributed by atoms with Crippen molar-refractivity contribution in [2.24, 2.45) is 5.73 Å². The number of nitrogens with zero attached hydrogens (tertiary/aromatic N) is 1. The second-order valence-electron chi connectivity index (χ2n) is 8.16. The zero-order valence-electron chi connectivity index (χ0n) is 21.3. The van der Waals surface area contributed by atoms with Crippen molar-refractivity contribution in [1.29, 1.82) is 0 Å². The summed E-state index contributed by atoms with van der Waals surface area (Å²) >= 11 is 0. The van der Waals surface area contributed by atoms with E-state index in [1.807, 2.05) is 18.3 Å². The number of hydrogen-bond acceptors (Lipinski definition) is 8. The Morgan fingerprint density at radius 1 is 1.03 bits per heavy atom. The Labute approximate surface area is 207 Å². The minimum absolute atomic E-state index is 0.0655. The smallest absolute Gasteiger partial charge is 0.420 e. The van der Waals surface area contributed by atoms with E-state index in [-0.39, 0.29) is 37.0 Å². The van der Waals surface area contributed by atoms with Crippen molar-refractivity contribution in [3.8, 4) is 11.6 Å². The van der Waals surface area contributed by atoms with Crippen LogP contribution in [0.15, 0.2) is 47.2 Å². The average Bonchev–Trinajstić information content (AvgIpc) is 2.79. The number of pyridine rings is 1. The van der Waals surface area contributed by atoms with Crippen molar-refractivity contribution in [1.82, 2.24) is 10.3 Å². The highest BCUT2D eigenvalue weighted by molar-refractivity contribution is 5.93. The Kier molecular flexibility index (Phi) is 13.7. The molecule has 9 heteroatoms. The minimum Gasteiger partial charge on any atom is -0.488 e. The Morgan fingerprint density at radius 3 is 2.31 bits per heavy atom. The summed E-state index contributed by atoms with van der Waals surface area (Å²) in [5.74, 6) is -1.42. The molecule has 0 aromatic carbocycles. The molecule has 0 saturated heterocycles. The molecule has 0 saturated carbocycles. The Bertz CT molecular complexity index is 962. The molecule has 0 spiro atoms. The quantitative estimate of drug-likeness (QED) is 0.304. The van der Waals surface area contributed by atoms with E-state index in [1.165, 1.54) is 23.4 Å². The SMILES string of the molecule is CCOc1cc(C(=O)OCC=C(C)CCC=C(C)CCC=C(C)C)cnc1OC(=O)NC(=O)CN. The molecule has 0 aliphatic carbocycles. The molecule has 0 atom stereocenters. The van der Waals surface area contributed by atoms with Gasteiger partial charge in [-0.1, -0.05) is 28.9 Å². The highest BCUT2D eigenvalue weighted by Gasteiger charge is 2.17. The first-order valence-electron chi connectivity index (χ1n) is 11.6. The van der Waals surface area contributed by atoms with Crippen molar-refractivity contribution >= 4 is 18.0 Å². The first-order chi connectivity index (χ1) is 16.7. The molecule has 0 radical (unpaired) electrons. The zero-order chi connectivity index (χ0) is 26.2. The molecule has 3 N–H and O–H groups in total. The van der Waals surface area contributed by atoms with Crippen LogP contribution in [0, 0.1) is 0 Å². The van der Waals surface area contributed by atoms with Gasteiger partial charge in [-0.3, -0.25) is 10.1 Å². The molecule has 35 heavy (non-hydrogen) atoms. The number of hydrogen-bond donors (Lipinski definition) is 2. The molecule has 0 unspecified atom stereocenters. The fourth-order valence-electron chi connectivity index (χ4n) is 2.84. The molecule has 0 bridgehead atoms. The summed E-state index contributed by atoms with van der Waals surface area (Å²) in [7, 11) is 0. The minimum atomic E-state index is -1.05. The lowest BCUT2D eigenvalue weighted by Gasteiger charge is -2.11. The number of ether oxygens (including phenoxy) is 3. The lowest BCUT2D eigenvalue weighted by molar-refractivity contribution is -0.118. The number of rotatable bonds is 13. The second-order valence-corrected chi connectivity index (χ2v) is 8.16. The van der Waals surface area contributed by atoms with E-state index in [4.69, 9.17) is 19.9 Å². The molecule has 2 amide bonds. The predicted octanol–water partition coefficient (Wildman–Crippen LogP) is 4.63. The number of allylic oxidation sites excluding steroid dienone is 5. The third-order valence-corrected chi connectivity index (χ3v) is 4.74. The molecule has 0 fully saturated rings. The average molecular weight is 488 g/mol. The van der Waals surface area contributed by atoms with Crippen LogP contribution in [0.3, 0.4) is 0 Å². The monoisotopic (exact) mass is 487 g/mol. The van der Waals surface area contributed by atoms with Crippen LogP contribution in [-0.2, 0) is 9.53 Å². The number of aromatic nitrogens is 1. The van der Waals surface area contributed by atoms with Gasteiger partial charge < -0.3 is 19.9 Å². The van der Waals surface area contributed by atoms with Gasteiger partial charge >= 0.3 is 12.1 Å². The Hall–Kier alpha value is -3.46. The van der Waals surface area contributed by atoms with Crippen molar-refractivity contribution in [3.63, 3.8) is 0 Å². The molecule has 0 aliphatic heterocycles. The fraction of sp³-hybridized carbons (Fsp3) is 0.462. The third kappa shape index (κ3) is 12.5. The van der Waals surface area contributed by atoms with Gasteiger partial charge in [0.2, 0.25) is 5.91 Å². The second kappa shape index (κ2) is 16.2. The zero-order valence-corrected chi connectivity index (χ0v) is 21.3. The van der Waals surface area contributed by atoms with E-state index >= 15 is 0 Å². The van der Waals surface area contributed by atoms with Gasteiger partial charge in [-0.05, 0) is 66.4 Å². The van der Waals surface area contributed by atoms with Crippen LogP contribution >= 0.6 is 0 Å². The Balaban J connectivity index is 2.62. The number of carbonyl (C=O) groups excluding carboxylic acids is 3. The summed E-state index contributed by atoms with van der Waals surface area (Å²) in [5.41, 5.74) is 9.12. The topological polar surface area (TPSA) is 130 Å². The summed E-state index contributed by atoms with van der Waals surface area (Å²) in [6, 6.07) is 1.37. The van der Waals surface area contributed by atoms with Crippen LogP contribution in [0.2, 0.25) is 0 Å². The molecule has 1 aromatic rings. The standard InChI is InChI=1S/C26H37N3O6/c1-6-33-22-15-21(17-28-24(22)35-26(32)29-23(30)16-27)25(31)34-14-13-20(5)12-8-11-19(4)10-7-9-18(2)3/h9,11,13,15,17H,6-8,10,12,14,16,27H2,1-5H3,(H,29,30,32). The van der Waals surface area contributed by atoms with E-state index in [0.29, 0.717) is 0 Å². The van der Waals surface area contributed by atoms with E-state index in [9.17, 15) is 14.4 Å². The molecule has 192 valence electrons. The molecule has 1 rings (SSSR count). The maximum absolute atomic E-state index is 12.4. The summed E-state index contributed by atoms with van der Waals surface area (Å²) < 4.78 is 15.7. The Morgan fingerprint density at radius 2 is 1.69 bits per heavy atom. The molecule has 1 aromatic heterocycles. The van der Waals surface area contributed by atoms with E-state index < -0.39 is 18.0 Å². The molecule has 0 aliphatic rings. The number of nitrogens with one attached hydrogen (secondary N) is 1. The number of imide groups is 1. The highest BCUT2D eigenvalue weighted by Crippen LogP contribution is 2.26. The normalized spacial score (nSPS) is 11.5. The highest BCUT2D eigenvalue weighted by atomic mass is 16.6. The molecule has 9 nitrogen and oxygen atoms in total. The summed E-state index contributed by atoms with van der Waals surface area (Å²) in [6.45, 7) is 10.1. The number of amides is 2. The van der Waals surface area contributed by atoms with Crippen LogP contribution in [0.1, 0.15) is 70.7 Å². The van der Waals surface area contributed by atoms with Gasteiger partial charge in [-0.25, -0.2) is 14.6 Å². The van der Waals surface area contributed by atoms with Crippen LogP contribution in [0.4, 0.5) is 4.79 Å². The maximum atomic E-state index is 12.4. The van der Waals surface area contributed by atoms with Gasteiger partial charge in [-0.15, -0.1) is 0 Å². The maximum Gasteiger partial charge on any atom is 0.420 e. The fourth-order valence-corrected chi connectivity index (χ4v) is 2.84. The van der Waals surface area contributed by atoms with Crippen molar-refractivity contribution in [2.75, 3.05) is 19.8 Å². The predicted molar refractivity (Wildman–Crippen MR) is 134 cm³/mol. The number of esters is 1. The van der Waals surface area contributed by atoms with E-state index in [1.54, 1.807) is 6.92 Å². The number of carbonyl (C=O) groups is 3. The third-order valence-electron chi connectivity index (χ3n) is 4.74. The van der Waals surface area contributed by atoms with Gasteiger partial charge in [-0.2, -0.15) is 0 Å². The molecule has 1 heterocycles. The van der Waals surface area contributed by atoms with Gasteiger partial charge in [0.05, 0.1) is 18.7 Å². The van der Waals surface area contributed by atoms with E-state index in [0.717, 1.165) is 31.3 Å². The first kappa shape index (κ1) is 29.6. The molecular formula is C26H37N3O6. The summed E-state index contributed by atoms with van der Waals surface area (Å²) in [5, 5.41) is 1.93. The van der Waals surface area contributed by atoms with Gasteiger partial charge in [0.1, 0.15) is 6.61 Å². The van der Waals surface area contributed by atoms with Crippen molar-refractivity contribution < 1.29 is 28.6 Å².